The third-order valence-corrected chi connectivity index (χ3v) is 2.82. The van der Waals surface area contributed by atoms with Crippen molar-refractivity contribution in [1.29, 1.82) is 0 Å². The maximum atomic E-state index is 6.13. The average molecular weight is 239 g/mol. The van der Waals surface area contributed by atoms with Crippen molar-refractivity contribution in [2.75, 3.05) is 5.73 Å². The number of anilines is 1. The van der Waals surface area contributed by atoms with Crippen LogP contribution in [0.5, 0.6) is 0 Å². The summed E-state index contributed by atoms with van der Waals surface area (Å²) in [6.45, 7) is 3.87. The molecule has 0 bridgehead atoms. The van der Waals surface area contributed by atoms with E-state index in [0.717, 1.165) is 16.9 Å². The highest BCUT2D eigenvalue weighted by Gasteiger charge is 2.12. The second-order valence-electron chi connectivity index (χ2n) is 4.27. The number of nitrogens with zero attached hydrogens (tertiary/aromatic N) is 4. The van der Waals surface area contributed by atoms with Crippen LogP contribution in [0.15, 0.2) is 30.6 Å². The molecule has 3 aromatic heterocycles. The number of aromatic nitrogens is 4. The Hall–Kier alpha value is -2.43. The van der Waals surface area contributed by atoms with E-state index in [-0.39, 0.29) is 0 Å². The first-order valence-electron chi connectivity index (χ1n) is 5.69. The zero-order valence-electron chi connectivity index (χ0n) is 10.3. The van der Waals surface area contributed by atoms with E-state index in [4.69, 9.17) is 5.73 Å². The number of nitrogens with two attached hydrogens (primary N) is 1. The quantitative estimate of drug-likeness (QED) is 0.705. The van der Waals surface area contributed by atoms with E-state index in [1.807, 2.05) is 42.6 Å². The number of fused-ring (bicyclic) bond motifs is 1. The maximum Gasteiger partial charge on any atom is 0.139 e. The Labute approximate surface area is 104 Å². The molecule has 2 N–H and O–H groups in total. The third kappa shape index (κ3) is 1.60. The summed E-state index contributed by atoms with van der Waals surface area (Å²) in [4.78, 5) is 12.9. The molecule has 90 valence electrons. The molecule has 0 amide bonds. The van der Waals surface area contributed by atoms with Gasteiger partial charge in [-0.2, -0.15) is 0 Å². The molecule has 18 heavy (non-hydrogen) atoms. The lowest BCUT2D eigenvalue weighted by Crippen LogP contribution is -1.96. The van der Waals surface area contributed by atoms with Gasteiger partial charge in [0.1, 0.15) is 23.0 Å². The highest BCUT2D eigenvalue weighted by atomic mass is 15.1. The molecule has 0 atom stereocenters. The van der Waals surface area contributed by atoms with Crippen LogP contribution in [-0.4, -0.2) is 19.4 Å². The molecule has 0 saturated carbocycles. The average Bonchev–Trinajstić information content (AvgIpc) is 2.67. The largest absolute Gasteiger partial charge is 0.383 e. The van der Waals surface area contributed by atoms with Gasteiger partial charge >= 0.3 is 0 Å². The molecule has 5 nitrogen and oxygen atoms in total. The molecule has 0 aliphatic rings. The van der Waals surface area contributed by atoms with Gasteiger partial charge in [0.15, 0.2) is 0 Å². The van der Waals surface area contributed by atoms with Crippen molar-refractivity contribution in [3.63, 3.8) is 0 Å². The Morgan fingerprint density at radius 1 is 1.11 bits per heavy atom. The second kappa shape index (κ2) is 3.80. The fourth-order valence-electron chi connectivity index (χ4n) is 1.95. The minimum absolute atomic E-state index is 0.604. The van der Waals surface area contributed by atoms with Gasteiger partial charge in [-0.1, -0.05) is 6.07 Å². The number of hydrogen-bond acceptors (Lipinski definition) is 4. The Balaban J connectivity index is 2.27. The molecule has 3 heterocycles. The number of imidazole rings is 1. The maximum absolute atomic E-state index is 6.13. The summed E-state index contributed by atoms with van der Waals surface area (Å²) < 4.78 is 1.88. The van der Waals surface area contributed by atoms with Gasteiger partial charge in [0, 0.05) is 12.4 Å². The molecule has 0 fully saturated rings. The number of pyridine rings is 1. The first-order chi connectivity index (χ1) is 8.65. The number of nitrogen functional groups attached to an aromatic ring is 1. The third-order valence-electron chi connectivity index (χ3n) is 2.82. The highest BCUT2D eigenvalue weighted by Crippen LogP contribution is 2.24. The van der Waals surface area contributed by atoms with Gasteiger partial charge in [-0.05, 0) is 31.5 Å². The fourth-order valence-corrected chi connectivity index (χ4v) is 1.95. The van der Waals surface area contributed by atoms with Crippen molar-refractivity contribution in [3.8, 4) is 11.4 Å². The summed E-state index contributed by atoms with van der Waals surface area (Å²) in [5, 5.41) is 0. The standard InChI is InChI=1S/C13H13N5/c1-8-3-4-11-17-12(13(14)18(11)7-8)10-5-6-15-9(2)16-10/h3-7H,14H2,1-2H3. The SMILES string of the molecule is Cc1ccc2nc(-c3ccnc(C)n3)c(N)n2c1. The van der Waals surface area contributed by atoms with E-state index in [1.165, 1.54) is 0 Å². The summed E-state index contributed by atoms with van der Waals surface area (Å²) in [5.74, 6) is 1.31. The predicted molar refractivity (Wildman–Crippen MR) is 70.1 cm³/mol. The Bertz CT molecular complexity index is 729. The van der Waals surface area contributed by atoms with E-state index in [9.17, 15) is 0 Å². The lowest BCUT2D eigenvalue weighted by atomic mass is 10.3. The van der Waals surface area contributed by atoms with Crippen molar-refractivity contribution in [1.82, 2.24) is 19.4 Å². The molecule has 3 rings (SSSR count). The summed E-state index contributed by atoms with van der Waals surface area (Å²) in [7, 11) is 0. The smallest absolute Gasteiger partial charge is 0.139 e. The van der Waals surface area contributed by atoms with Gasteiger partial charge < -0.3 is 5.73 Å². The zero-order chi connectivity index (χ0) is 12.7. The molecular weight excluding hydrogens is 226 g/mol. The van der Waals surface area contributed by atoms with E-state index in [1.54, 1.807) is 6.20 Å². The molecule has 0 saturated heterocycles. The van der Waals surface area contributed by atoms with Gasteiger partial charge in [-0.15, -0.1) is 0 Å². The topological polar surface area (TPSA) is 69.1 Å². The fraction of sp³-hybridized carbons (Fsp3) is 0.154. The van der Waals surface area contributed by atoms with E-state index >= 15 is 0 Å². The van der Waals surface area contributed by atoms with Crippen molar-refractivity contribution >= 4 is 11.5 Å². The summed E-state index contributed by atoms with van der Waals surface area (Å²) in [6.07, 6.45) is 3.68. The van der Waals surface area contributed by atoms with Crippen LogP contribution >= 0.6 is 0 Å². The van der Waals surface area contributed by atoms with Crippen LogP contribution in [0.2, 0.25) is 0 Å². The lowest BCUT2D eigenvalue weighted by molar-refractivity contribution is 1.05. The molecule has 3 aromatic rings. The van der Waals surface area contributed by atoms with Crippen LogP contribution in [0.4, 0.5) is 5.82 Å². The van der Waals surface area contributed by atoms with Crippen molar-refractivity contribution in [3.05, 3.63) is 42.0 Å². The van der Waals surface area contributed by atoms with E-state index in [2.05, 4.69) is 15.0 Å². The van der Waals surface area contributed by atoms with Gasteiger partial charge in [0.25, 0.3) is 0 Å². The molecule has 0 spiro atoms. The summed E-state index contributed by atoms with van der Waals surface area (Å²) >= 11 is 0. The van der Waals surface area contributed by atoms with Crippen LogP contribution < -0.4 is 5.73 Å². The van der Waals surface area contributed by atoms with E-state index < -0.39 is 0 Å². The summed E-state index contributed by atoms with van der Waals surface area (Å²) in [5.41, 5.74) is 9.54. The molecule has 0 radical (unpaired) electrons. The van der Waals surface area contributed by atoms with Gasteiger partial charge in [-0.3, -0.25) is 4.40 Å². The van der Waals surface area contributed by atoms with Crippen molar-refractivity contribution in [2.45, 2.75) is 13.8 Å². The molecule has 0 aliphatic heterocycles. The molecule has 0 unspecified atom stereocenters. The molecule has 0 aliphatic carbocycles. The van der Waals surface area contributed by atoms with Crippen molar-refractivity contribution < 1.29 is 0 Å². The van der Waals surface area contributed by atoms with Crippen LogP contribution in [-0.2, 0) is 0 Å². The van der Waals surface area contributed by atoms with Crippen molar-refractivity contribution in [2.24, 2.45) is 0 Å². The minimum Gasteiger partial charge on any atom is -0.383 e. The number of aryl methyl sites for hydroxylation is 2. The first kappa shape index (κ1) is 10.7. The Kier molecular flexibility index (Phi) is 2.26. The van der Waals surface area contributed by atoms with Gasteiger partial charge in [0.2, 0.25) is 0 Å². The highest BCUT2D eigenvalue weighted by molar-refractivity contribution is 5.72. The molecule has 0 aromatic carbocycles. The molecular formula is C13H13N5. The second-order valence-corrected chi connectivity index (χ2v) is 4.27. The van der Waals surface area contributed by atoms with E-state index in [0.29, 0.717) is 17.3 Å². The monoisotopic (exact) mass is 239 g/mol. The first-order valence-corrected chi connectivity index (χ1v) is 5.69. The lowest BCUT2D eigenvalue weighted by Gasteiger charge is -2.00. The van der Waals surface area contributed by atoms with Gasteiger partial charge in [-0.25, -0.2) is 15.0 Å². The van der Waals surface area contributed by atoms with Crippen LogP contribution in [0, 0.1) is 13.8 Å². The Morgan fingerprint density at radius 3 is 2.72 bits per heavy atom. The van der Waals surface area contributed by atoms with Gasteiger partial charge in [0.05, 0.1) is 5.69 Å². The van der Waals surface area contributed by atoms with Crippen LogP contribution in [0.3, 0.4) is 0 Å². The summed E-state index contributed by atoms with van der Waals surface area (Å²) in [6, 6.07) is 5.78. The Morgan fingerprint density at radius 2 is 1.94 bits per heavy atom. The van der Waals surface area contributed by atoms with Crippen LogP contribution in [0.1, 0.15) is 11.4 Å². The minimum atomic E-state index is 0.604. The zero-order valence-corrected chi connectivity index (χ0v) is 10.3. The predicted octanol–water partition coefficient (Wildman–Crippen LogP) is 1.99. The number of rotatable bonds is 1. The number of hydrogen-bond donors (Lipinski definition) is 1. The van der Waals surface area contributed by atoms with Crippen LogP contribution in [0.25, 0.3) is 17.0 Å². The molecule has 5 heteroatoms. The normalized spacial score (nSPS) is 11.0.